The second kappa shape index (κ2) is 6.06. The summed E-state index contributed by atoms with van der Waals surface area (Å²) in [5, 5.41) is 3.35. The van der Waals surface area contributed by atoms with Gasteiger partial charge in [-0.3, -0.25) is 4.79 Å². The number of rotatable bonds is 5. The Morgan fingerprint density at radius 2 is 2.16 bits per heavy atom. The minimum absolute atomic E-state index is 0.127. The summed E-state index contributed by atoms with van der Waals surface area (Å²) in [5.74, 6) is 1.50. The molecule has 1 N–H and O–H groups in total. The van der Waals surface area contributed by atoms with Crippen molar-refractivity contribution < 1.29 is 14.3 Å². The van der Waals surface area contributed by atoms with Gasteiger partial charge in [-0.15, -0.1) is 0 Å². The van der Waals surface area contributed by atoms with Crippen molar-refractivity contribution in [2.75, 3.05) is 20.8 Å². The van der Waals surface area contributed by atoms with Crippen molar-refractivity contribution in [3.05, 3.63) is 23.3 Å². The van der Waals surface area contributed by atoms with Crippen LogP contribution in [0.1, 0.15) is 35.2 Å². The molecule has 1 heterocycles. The van der Waals surface area contributed by atoms with E-state index >= 15 is 0 Å². The Morgan fingerprint density at radius 1 is 1.37 bits per heavy atom. The number of methoxy groups -OCH3 is 2. The summed E-state index contributed by atoms with van der Waals surface area (Å²) in [4.78, 5) is 12.4. The molecule has 0 radical (unpaired) electrons. The minimum atomic E-state index is 0.127. The molecule has 1 fully saturated rings. The third-order valence-corrected chi connectivity index (χ3v) is 3.67. The smallest absolute Gasteiger partial charge is 0.168 e. The van der Waals surface area contributed by atoms with E-state index in [-0.39, 0.29) is 5.78 Å². The number of hydrogen-bond acceptors (Lipinski definition) is 4. The van der Waals surface area contributed by atoms with Crippen LogP contribution in [0.5, 0.6) is 11.5 Å². The predicted octanol–water partition coefficient (Wildman–Crippen LogP) is 2.34. The van der Waals surface area contributed by atoms with Gasteiger partial charge in [-0.1, -0.05) is 0 Å². The number of benzene rings is 1. The van der Waals surface area contributed by atoms with E-state index in [1.807, 2.05) is 13.0 Å². The first-order chi connectivity index (χ1) is 9.17. The summed E-state index contributed by atoms with van der Waals surface area (Å²) in [6, 6.07) is 3.93. The average Bonchev–Trinajstić information content (AvgIpc) is 2.91. The molecule has 19 heavy (non-hydrogen) atoms. The van der Waals surface area contributed by atoms with E-state index in [4.69, 9.17) is 9.47 Å². The van der Waals surface area contributed by atoms with E-state index in [1.54, 1.807) is 20.3 Å². The largest absolute Gasteiger partial charge is 0.496 e. The number of hydrogen-bond donors (Lipinski definition) is 1. The Balaban J connectivity index is 2.23. The van der Waals surface area contributed by atoms with Gasteiger partial charge in [-0.2, -0.15) is 0 Å². The number of ether oxygens (including phenoxy) is 2. The number of nitrogens with one attached hydrogen (secondary N) is 1. The normalized spacial score (nSPS) is 18.4. The fourth-order valence-corrected chi connectivity index (χ4v) is 2.64. The zero-order valence-electron chi connectivity index (χ0n) is 11.8. The van der Waals surface area contributed by atoms with E-state index in [2.05, 4.69) is 5.32 Å². The second-order valence-corrected chi connectivity index (χ2v) is 4.89. The van der Waals surface area contributed by atoms with Gasteiger partial charge in [0.2, 0.25) is 0 Å². The van der Waals surface area contributed by atoms with Crippen molar-refractivity contribution in [2.45, 2.75) is 32.2 Å². The van der Waals surface area contributed by atoms with Crippen LogP contribution >= 0.6 is 0 Å². The standard InChI is InChI=1S/C15H21NO3/c1-10-14(18-2)7-6-12(15(10)19-3)13(17)9-11-5-4-8-16-11/h6-7,11,16H,4-5,8-9H2,1-3H3. The minimum Gasteiger partial charge on any atom is -0.496 e. The van der Waals surface area contributed by atoms with E-state index in [0.717, 1.165) is 30.7 Å². The van der Waals surface area contributed by atoms with Gasteiger partial charge in [0.05, 0.1) is 19.8 Å². The third kappa shape index (κ3) is 2.89. The third-order valence-electron chi connectivity index (χ3n) is 3.67. The van der Waals surface area contributed by atoms with Crippen molar-refractivity contribution in [3.63, 3.8) is 0 Å². The molecule has 0 spiro atoms. The molecule has 1 atom stereocenters. The molecule has 1 aromatic carbocycles. The number of Topliss-reactive ketones (excluding diaryl/α,β-unsaturated/α-hetero) is 1. The molecule has 4 nitrogen and oxygen atoms in total. The van der Waals surface area contributed by atoms with Crippen LogP contribution in [0.15, 0.2) is 12.1 Å². The molecule has 1 aliphatic heterocycles. The van der Waals surface area contributed by atoms with Crippen LogP contribution in [0.4, 0.5) is 0 Å². The van der Waals surface area contributed by atoms with E-state index in [9.17, 15) is 4.79 Å². The summed E-state index contributed by atoms with van der Waals surface area (Å²) >= 11 is 0. The fraction of sp³-hybridized carbons (Fsp3) is 0.533. The molecular weight excluding hydrogens is 242 g/mol. The number of carbonyl (C=O) groups is 1. The van der Waals surface area contributed by atoms with Gasteiger partial charge in [0.1, 0.15) is 11.5 Å². The van der Waals surface area contributed by atoms with Gasteiger partial charge in [-0.05, 0) is 38.4 Å². The maximum absolute atomic E-state index is 12.4. The maximum atomic E-state index is 12.4. The molecule has 1 aliphatic rings. The molecule has 0 aliphatic carbocycles. The van der Waals surface area contributed by atoms with Gasteiger partial charge in [0.15, 0.2) is 5.78 Å². The van der Waals surface area contributed by atoms with Crippen LogP contribution in [0.25, 0.3) is 0 Å². The zero-order valence-corrected chi connectivity index (χ0v) is 11.8. The molecule has 0 saturated carbocycles. The molecule has 1 unspecified atom stereocenters. The summed E-state index contributed by atoms with van der Waals surface area (Å²) in [6.07, 6.45) is 2.75. The summed E-state index contributed by atoms with van der Waals surface area (Å²) in [7, 11) is 3.21. The first-order valence-corrected chi connectivity index (χ1v) is 6.65. The highest BCUT2D eigenvalue weighted by atomic mass is 16.5. The highest BCUT2D eigenvalue weighted by Gasteiger charge is 2.22. The molecule has 1 saturated heterocycles. The lowest BCUT2D eigenvalue weighted by Crippen LogP contribution is -2.24. The molecule has 1 aromatic rings. The fourth-order valence-electron chi connectivity index (χ4n) is 2.64. The Kier molecular flexibility index (Phi) is 4.43. The van der Waals surface area contributed by atoms with E-state index < -0.39 is 0 Å². The van der Waals surface area contributed by atoms with Crippen molar-refractivity contribution in [1.29, 1.82) is 0 Å². The van der Waals surface area contributed by atoms with Crippen LogP contribution in [-0.2, 0) is 0 Å². The average molecular weight is 263 g/mol. The molecule has 0 bridgehead atoms. The van der Waals surface area contributed by atoms with Crippen LogP contribution in [0.3, 0.4) is 0 Å². The monoisotopic (exact) mass is 263 g/mol. The Morgan fingerprint density at radius 3 is 2.74 bits per heavy atom. The lowest BCUT2D eigenvalue weighted by Gasteiger charge is -2.15. The van der Waals surface area contributed by atoms with Crippen LogP contribution in [0.2, 0.25) is 0 Å². The topological polar surface area (TPSA) is 47.6 Å². The Bertz CT molecular complexity index is 465. The second-order valence-electron chi connectivity index (χ2n) is 4.89. The molecule has 4 heteroatoms. The van der Waals surface area contributed by atoms with E-state index in [0.29, 0.717) is 23.8 Å². The molecule has 2 rings (SSSR count). The SMILES string of the molecule is COc1ccc(C(=O)CC2CCCN2)c(OC)c1C. The van der Waals surface area contributed by atoms with Crippen molar-refractivity contribution in [3.8, 4) is 11.5 Å². The molecule has 0 aromatic heterocycles. The predicted molar refractivity (Wildman–Crippen MR) is 74.3 cm³/mol. The lowest BCUT2D eigenvalue weighted by atomic mass is 9.99. The first kappa shape index (κ1) is 13.9. The number of ketones is 1. The Labute approximate surface area is 114 Å². The van der Waals surface area contributed by atoms with E-state index in [1.165, 1.54) is 0 Å². The zero-order chi connectivity index (χ0) is 13.8. The highest BCUT2D eigenvalue weighted by Crippen LogP contribution is 2.32. The maximum Gasteiger partial charge on any atom is 0.168 e. The Hall–Kier alpha value is -1.55. The van der Waals surface area contributed by atoms with Gasteiger partial charge >= 0.3 is 0 Å². The molecule has 0 amide bonds. The van der Waals surface area contributed by atoms with Gasteiger partial charge in [0.25, 0.3) is 0 Å². The molecular formula is C15H21NO3. The van der Waals surface area contributed by atoms with Gasteiger partial charge < -0.3 is 14.8 Å². The van der Waals surface area contributed by atoms with Crippen LogP contribution in [0, 0.1) is 6.92 Å². The van der Waals surface area contributed by atoms with Gasteiger partial charge in [-0.25, -0.2) is 0 Å². The first-order valence-electron chi connectivity index (χ1n) is 6.65. The van der Waals surface area contributed by atoms with Gasteiger partial charge in [0, 0.05) is 18.0 Å². The number of carbonyl (C=O) groups excluding carboxylic acids is 1. The van der Waals surface area contributed by atoms with Crippen molar-refractivity contribution >= 4 is 5.78 Å². The van der Waals surface area contributed by atoms with Crippen molar-refractivity contribution in [1.82, 2.24) is 5.32 Å². The summed E-state index contributed by atoms with van der Waals surface area (Å²) < 4.78 is 10.6. The van der Waals surface area contributed by atoms with Crippen molar-refractivity contribution in [2.24, 2.45) is 0 Å². The quantitative estimate of drug-likeness (QED) is 0.828. The highest BCUT2D eigenvalue weighted by molar-refractivity contribution is 5.99. The van der Waals surface area contributed by atoms with Crippen LogP contribution < -0.4 is 14.8 Å². The lowest BCUT2D eigenvalue weighted by molar-refractivity contribution is 0.0968. The van der Waals surface area contributed by atoms with Crippen LogP contribution in [-0.4, -0.2) is 32.6 Å². The summed E-state index contributed by atoms with van der Waals surface area (Å²) in [5.41, 5.74) is 1.52. The molecule has 104 valence electrons. The summed E-state index contributed by atoms with van der Waals surface area (Å²) in [6.45, 7) is 2.92.